The van der Waals surface area contributed by atoms with Crippen molar-refractivity contribution in [1.29, 1.82) is 0 Å². The number of aryl methyl sites for hydroxylation is 2. The number of hydrogen-bond acceptors (Lipinski definition) is 6. The van der Waals surface area contributed by atoms with E-state index in [1.807, 2.05) is 0 Å². The van der Waals surface area contributed by atoms with Gasteiger partial charge in [-0.05, 0) is 25.7 Å². The minimum Gasteiger partial charge on any atom is -0.372 e. The third kappa shape index (κ3) is 2.62. The van der Waals surface area contributed by atoms with Crippen molar-refractivity contribution in [2.45, 2.75) is 25.7 Å². The fraction of sp³-hybridized carbons (Fsp3) is 0.385. The molecule has 0 saturated carbocycles. The summed E-state index contributed by atoms with van der Waals surface area (Å²) in [5, 5.41) is 6.31. The molecule has 0 unspecified atom stereocenters. The van der Waals surface area contributed by atoms with Crippen LogP contribution in [0, 0.1) is 0 Å². The first-order valence-electron chi connectivity index (χ1n) is 6.56. The number of carbonyl (C=O) groups excluding carboxylic acids is 1. The van der Waals surface area contributed by atoms with Gasteiger partial charge in [0, 0.05) is 11.9 Å². The third-order valence-electron chi connectivity index (χ3n) is 3.21. The third-order valence-corrected chi connectivity index (χ3v) is 4.28. The van der Waals surface area contributed by atoms with Gasteiger partial charge in [-0.2, -0.15) is 0 Å². The van der Waals surface area contributed by atoms with Crippen molar-refractivity contribution >= 4 is 28.2 Å². The maximum Gasteiger partial charge on any atom is 0.277 e. The van der Waals surface area contributed by atoms with Crippen LogP contribution in [-0.2, 0) is 12.8 Å². The van der Waals surface area contributed by atoms with E-state index in [4.69, 9.17) is 0 Å². The highest BCUT2D eigenvalue weighted by Crippen LogP contribution is 2.29. The van der Waals surface area contributed by atoms with E-state index in [-0.39, 0.29) is 11.6 Å². The molecule has 2 aromatic rings. The molecule has 6 nitrogen and oxygen atoms in total. The zero-order valence-electron chi connectivity index (χ0n) is 11.1. The van der Waals surface area contributed by atoms with E-state index in [0.717, 1.165) is 18.5 Å². The van der Waals surface area contributed by atoms with Crippen molar-refractivity contribution in [3.8, 4) is 0 Å². The number of nitrogens with one attached hydrogen (secondary N) is 2. The van der Waals surface area contributed by atoms with Crippen LogP contribution in [0.5, 0.6) is 0 Å². The monoisotopic (exact) mass is 289 g/mol. The minimum atomic E-state index is -0.272. The van der Waals surface area contributed by atoms with Gasteiger partial charge in [0.05, 0.1) is 18.1 Å². The number of anilines is 2. The SMILES string of the molecule is CNc1cnc(C(=O)Nc2nc3c(s2)CCCC3)cn1. The van der Waals surface area contributed by atoms with Crippen LogP contribution in [0.15, 0.2) is 12.4 Å². The molecule has 0 saturated heterocycles. The molecule has 0 aliphatic heterocycles. The Balaban J connectivity index is 1.73. The van der Waals surface area contributed by atoms with Crippen LogP contribution in [0.4, 0.5) is 10.9 Å². The molecule has 2 N–H and O–H groups in total. The molecule has 7 heteroatoms. The van der Waals surface area contributed by atoms with Crippen molar-refractivity contribution in [2.75, 3.05) is 17.7 Å². The highest BCUT2D eigenvalue weighted by atomic mass is 32.1. The Labute approximate surface area is 120 Å². The number of fused-ring (bicyclic) bond motifs is 1. The molecule has 20 heavy (non-hydrogen) atoms. The molecule has 104 valence electrons. The van der Waals surface area contributed by atoms with Crippen LogP contribution < -0.4 is 10.6 Å². The van der Waals surface area contributed by atoms with Crippen LogP contribution in [0.2, 0.25) is 0 Å². The highest BCUT2D eigenvalue weighted by molar-refractivity contribution is 7.15. The number of amides is 1. The van der Waals surface area contributed by atoms with Crippen LogP contribution in [0.25, 0.3) is 0 Å². The van der Waals surface area contributed by atoms with Crippen molar-refractivity contribution in [3.63, 3.8) is 0 Å². The molecule has 2 aromatic heterocycles. The number of thiazole rings is 1. The lowest BCUT2D eigenvalue weighted by Crippen LogP contribution is -2.14. The van der Waals surface area contributed by atoms with Gasteiger partial charge in [0.1, 0.15) is 11.5 Å². The van der Waals surface area contributed by atoms with Gasteiger partial charge in [0.2, 0.25) is 0 Å². The summed E-state index contributed by atoms with van der Waals surface area (Å²) in [7, 11) is 1.75. The largest absolute Gasteiger partial charge is 0.372 e. The van der Waals surface area contributed by atoms with E-state index in [0.29, 0.717) is 10.9 Å². The number of hydrogen-bond donors (Lipinski definition) is 2. The van der Waals surface area contributed by atoms with Crippen molar-refractivity contribution in [1.82, 2.24) is 15.0 Å². The first kappa shape index (κ1) is 13.0. The normalized spacial score (nSPS) is 13.7. The standard InChI is InChI=1S/C13H15N5OS/c1-14-11-7-15-9(6-16-11)12(19)18-13-17-8-4-2-3-5-10(8)20-13/h6-7H,2-5H2,1H3,(H,14,16)(H,17,18,19). The molecule has 0 atom stereocenters. The molecule has 0 bridgehead atoms. The van der Waals surface area contributed by atoms with Gasteiger partial charge in [-0.1, -0.05) is 0 Å². The maximum absolute atomic E-state index is 12.1. The second kappa shape index (κ2) is 5.54. The van der Waals surface area contributed by atoms with Crippen molar-refractivity contribution in [2.24, 2.45) is 0 Å². The van der Waals surface area contributed by atoms with Gasteiger partial charge in [0.25, 0.3) is 5.91 Å². The topological polar surface area (TPSA) is 79.8 Å². The Morgan fingerprint density at radius 3 is 2.80 bits per heavy atom. The smallest absolute Gasteiger partial charge is 0.277 e. The van der Waals surface area contributed by atoms with Crippen LogP contribution in [0.1, 0.15) is 33.9 Å². The lowest BCUT2D eigenvalue weighted by atomic mass is 10.0. The summed E-state index contributed by atoms with van der Waals surface area (Å²) >= 11 is 1.56. The molecular formula is C13H15N5OS. The molecule has 1 aliphatic rings. The molecule has 0 spiro atoms. The minimum absolute atomic E-state index is 0.272. The molecule has 0 aromatic carbocycles. The van der Waals surface area contributed by atoms with Gasteiger partial charge < -0.3 is 5.32 Å². The van der Waals surface area contributed by atoms with E-state index in [1.165, 1.54) is 30.1 Å². The Morgan fingerprint density at radius 2 is 2.10 bits per heavy atom. The highest BCUT2D eigenvalue weighted by Gasteiger charge is 2.17. The van der Waals surface area contributed by atoms with Crippen LogP contribution in [0.3, 0.4) is 0 Å². The quantitative estimate of drug-likeness (QED) is 0.904. The second-order valence-electron chi connectivity index (χ2n) is 4.59. The summed E-state index contributed by atoms with van der Waals surface area (Å²) in [6, 6.07) is 0. The predicted octanol–water partition coefficient (Wildman–Crippen LogP) is 2.11. The number of carbonyl (C=O) groups is 1. The van der Waals surface area contributed by atoms with Gasteiger partial charge in [-0.3, -0.25) is 10.1 Å². The molecule has 1 amide bonds. The fourth-order valence-corrected chi connectivity index (χ4v) is 3.19. The van der Waals surface area contributed by atoms with Crippen molar-refractivity contribution in [3.05, 3.63) is 28.7 Å². The lowest BCUT2D eigenvalue weighted by Gasteiger charge is -2.06. The zero-order chi connectivity index (χ0) is 13.9. The average Bonchev–Trinajstić information content (AvgIpc) is 2.89. The molecule has 0 radical (unpaired) electrons. The van der Waals surface area contributed by atoms with Gasteiger partial charge in [-0.25, -0.2) is 15.0 Å². The summed E-state index contributed by atoms with van der Waals surface area (Å²) < 4.78 is 0. The van der Waals surface area contributed by atoms with Gasteiger partial charge in [-0.15, -0.1) is 11.3 Å². The zero-order valence-corrected chi connectivity index (χ0v) is 12.0. The number of nitrogens with zero attached hydrogens (tertiary/aromatic N) is 3. The Hall–Kier alpha value is -2.02. The lowest BCUT2D eigenvalue weighted by molar-refractivity contribution is 0.102. The average molecular weight is 289 g/mol. The molecule has 0 fully saturated rings. The molecular weight excluding hydrogens is 274 g/mol. The summed E-state index contributed by atoms with van der Waals surface area (Å²) in [5.41, 5.74) is 1.42. The van der Waals surface area contributed by atoms with Crippen LogP contribution in [-0.4, -0.2) is 27.9 Å². The maximum atomic E-state index is 12.1. The van der Waals surface area contributed by atoms with Crippen molar-refractivity contribution < 1.29 is 4.79 Å². The van der Waals surface area contributed by atoms with E-state index in [2.05, 4.69) is 25.6 Å². The Morgan fingerprint density at radius 1 is 1.25 bits per heavy atom. The van der Waals surface area contributed by atoms with E-state index in [1.54, 1.807) is 18.4 Å². The summed E-state index contributed by atoms with van der Waals surface area (Å²) in [4.78, 5) is 26.0. The van der Waals surface area contributed by atoms with E-state index >= 15 is 0 Å². The number of rotatable bonds is 3. The summed E-state index contributed by atoms with van der Waals surface area (Å²) in [5.74, 6) is 0.359. The fourth-order valence-electron chi connectivity index (χ4n) is 2.14. The Kier molecular flexibility index (Phi) is 3.60. The molecule has 2 heterocycles. The first-order valence-corrected chi connectivity index (χ1v) is 7.37. The number of aromatic nitrogens is 3. The van der Waals surface area contributed by atoms with Gasteiger partial charge in [0.15, 0.2) is 5.13 Å². The van der Waals surface area contributed by atoms with E-state index < -0.39 is 0 Å². The molecule has 1 aliphatic carbocycles. The second-order valence-corrected chi connectivity index (χ2v) is 5.67. The van der Waals surface area contributed by atoms with Gasteiger partial charge >= 0.3 is 0 Å². The molecule has 3 rings (SSSR count). The first-order chi connectivity index (χ1) is 9.76. The van der Waals surface area contributed by atoms with E-state index in [9.17, 15) is 4.79 Å². The summed E-state index contributed by atoms with van der Waals surface area (Å²) in [6.07, 6.45) is 7.45. The van der Waals surface area contributed by atoms with Crippen LogP contribution >= 0.6 is 11.3 Å². The Bertz CT molecular complexity index is 599. The summed E-state index contributed by atoms with van der Waals surface area (Å²) in [6.45, 7) is 0. The predicted molar refractivity (Wildman–Crippen MR) is 78.3 cm³/mol.